The molecule has 156 valence electrons. The van der Waals surface area contributed by atoms with E-state index in [-0.39, 0.29) is 34.5 Å². The molecule has 2 saturated carbocycles. The number of carbonyl (C=O) groups is 2. The molecular formula is C26H30N2O2. The number of carbonyl (C=O) groups excluding carboxylic acids is 2. The highest BCUT2D eigenvalue weighted by Crippen LogP contribution is 2.52. The van der Waals surface area contributed by atoms with E-state index in [0.29, 0.717) is 0 Å². The van der Waals surface area contributed by atoms with Gasteiger partial charge >= 0.3 is 0 Å². The zero-order valence-electron chi connectivity index (χ0n) is 18.2. The fourth-order valence-corrected chi connectivity index (χ4v) is 3.84. The van der Waals surface area contributed by atoms with Gasteiger partial charge in [0, 0.05) is 23.2 Å². The van der Waals surface area contributed by atoms with Crippen LogP contribution < -0.4 is 10.6 Å². The second kappa shape index (κ2) is 7.42. The lowest BCUT2D eigenvalue weighted by molar-refractivity contribution is -0.118. The van der Waals surface area contributed by atoms with E-state index < -0.39 is 0 Å². The van der Waals surface area contributed by atoms with Crippen LogP contribution in [-0.2, 0) is 9.59 Å². The standard InChI is InChI=1S/C26H30N2O2/c1-25(2)15-21(25)23(29)27-19-11-7-17(8-12-19)5-6-18-9-13-20(14-10-18)28-24(30)22-16-26(22,3)4/h5-14,21-22H,15-16H2,1-4H3,(H,27,29)(H,28,30)/b6-5+. The minimum Gasteiger partial charge on any atom is -0.326 e. The van der Waals surface area contributed by atoms with Crippen LogP contribution in [0.1, 0.15) is 51.7 Å². The van der Waals surface area contributed by atoms with Crippen molar-refractivity contribution in [3.05, 3.63) is 59.7 Å². The van der Waals surface area contributed by atoms with Crippen LogP contribution in [0.2, 0.25) is 0 Å². The predicted molar refractivity (Wildman–Crippen MR) is 123 cm³/mol. The summed E-state index contributed by atoms with van der Waals surface area (Å²) in [7, 11) is 0. The molecule has 0 radical (unpaired) electrons. The van der Waals surface area contributed by atoms with E-state index in [2.05, 4.69) is 38.3 Å². The molecule has 2 aromatic rings. The summed E-state index contributed by atoms with van der Waals surface area (Å²) in [6, 6.07) is 15.7. The lowest BCUT2D eigenvalue weighted by Gasteiger charge is -2.07. The summed E-state index contributed by atoms with van der Waals surface area (Å²) in [6.45, 7) is 8.50. The summed E-state index contributed by atoms with van der Waals surface area (Å²) in [5, 5.41) is 6.00. The maximum Gasteiger partial charge on any atom is 0.228 e. The average Bonchev–Trinajstić information content (AvgIpc) is 3.55. The summed E-state index contributed by atoms with van der Waals surface area (Å²) < 4.78 is 0. The number of nitrogens with one attached hydrogen (secondary N) is 2. The van der Waals surface area contributed by atoms with Gasteiger partial charge in [-0.25, -0.2) is 0 Å². The van der Waals surface area contributed by atoms with Crippen molar-refractivity contribution in [2.45, 2.75) is 40.5 Å². The molecule has 4 heteroatoms. The fourth-order valence-electron chi connectivity index (χ4n) is 3.84. The van der Waals surface area contributed by atoms with Gasteiger partial charge in [-0.3, -0.25) is 9.59 Å². The average molecular weight is 403 g/mol. The van der Waals surface area contributed by atoms with E-state index in [1.165, 1.54) is 0 Å². The molecule has 0 bridgehead atoms. The van der Waals surface area contributed by atoms with Gasteiger partial charge in [0.15, 0.2) is 0 Å². The molecule has 0 heterocycles. The highest BCUT2D eigenvalue weighted by atomic mass is 16.2. The molecule has 2 atom stereocenters. The van der Waals surface area contributed by atoms with Crippen LogP contribution >= 0.6 is 0 Å². The second-order valence-corrected chi connectivity index (χ2v) is 10.0. The molecule has 0 aromatic heterocycles. The van der Waals surface area contributed by atoms with Gasteiger partial charge in [0.2, 0.25) is 11.8 Å². The first-order valence-electron chi connectivity index (χ1n) is 10.6. The summed E-state index contributed by atoms with van der Waals surface area (Å²) >= 11 is 0. The topological polar surface area (TPSA) is 58.2 Å². The van der Waals surface area contributed by atoms with Crippen molar-refractivity contribution in [2.75, 3.05) is 10.6 Å². The number of hydrogen-bond donors (Lipinski definition) is 2. The lowest BCUT2D eigenvalue weighted by atomic mass is 10.1. The van der Waals surface area contributed by atoms with Crippen molar-refractivity contribution < 1.29 is 9.59 Å². The summed E-state index contributed by atoms with van der Waals surface area (Å²) in [5.74, 6) is 0.475. The van der Waals surface area contributed by atoms with E-state index >= 15 is 0 Å². The highest BCUT2D eigenvalue weighted by Gasteiger charge is 2.51. The van der Waals surface area contributed by atoms with Crippen LogP contribution in [0.4, 0.5) is 11.4 Å². The van der Waals surface area contributed by atoms with E-state index in [9.17, 15) is 9.59 Å². The Labute approximate surface area is 178 Å². The van der Waals surface area contributed by atoms with Crippen molar-refractivity contribution in [3.8, 4) is 0 Å². The van der Waals surface area contributed by atoms with Crippen LogP contribution in [0.15, 0.2) is 48.5 Å². The van der Waals surface area contributed by atoms with Crippen molar-refractivity contribution in [1.82, 2.24) is 0 Å². The van der Waals surface area contributed by atoms with Crippen LogP contribution in [0.3, 0.4) is 0 Å². The molecule has 2 amide bonds. The van der Waals surface area contributed by atoms with Gasteiger partial charge < -0.3 is 10.6 Å². The quantitative estimate of drug-likeness (QED) is 0.598. The van der Waals surface area contributed by atoms with Gasteiger partial charge in [0.05, 0.1) is 0 Å². The Kier molecular flexibility index (Phi) is 5.05. The Morgan fingerprint density at radius 1 is 0.700 bits per heavy atom. The molecule has 2 N–H and O–H groups in total. The van der Waals surface area contributed by atoms with Crippen LogP contribution in [-0.4, -0.2) is 11.8 Å². The van der Waals surface area contributed by atoms with Gasteiger partial charge in [0.25, 0.3) is 0 Å². The Morgan fingerprint density at radius 3 is 1.27 bits per heavy atom. The molecule has 2 aromatic carbocycles. The van der Waals surface area contributed by atoms with Gasteiger partial charge in [-0.15, -0.1) is 0 Å². The molecule has 2 aliphatic rings. The molecule has 30 heavy (non-hydrogen) atoms. The zero-order chi connectivity index (χ0) is 21.5. The zero-order valence-corrected chi connectivity index (χ0v) is 18.2. The molecule has 4 rings (SSSR count). The molecular weight excluding hydrogens is 372 g/mol. The van der Waals surface area contributed by atoms with Gasteiger partial charge in [-0.1, -0.05) is 64.1 Å². The summed E-state index contributed by atoms with van der Waals surface area (Å²) in [4.78, 5) is 24.4. The van der Waals surface area contributed by atoms with Gasteiger partial charge in [-0.05, 0) is 59.1 Å². The second-order valence-electron chi connectivity index (χ2n) is 10.0. The Balaban J connectivity index is 1.30. The largest absolute Gasteiger partial charge is 0.326 e. The molecule has 0 aliphatic heterocycles. The Bertz CT molecular complexity index is 903. The third kappa shape index (κ3) is 4.64. The first-order valence-corrected chi connectivity index (χ1v) is 10.6. The van der Waals surface area contributed by atoms with Crippen molar-refractivity contribution >= 4 is 35.3 Å². The number of anilines is 2. The lowest BCUT2D eigenvalue weighted by Crippen LogP contribution is -2.16. The predicted octanol–water partition coefficient (Wildman–Crippen LogP) is 5.83. The number of rotatable bonds is 6. The molecule has 0 saturated heterocycles. The number of benzene rings is 2. The highest BCUT2D eigenvalue weighted by molar-refractivity contribution is 5.95. The maximum atomic E-state index is 12.2. The molecule has 2 fully saturated rings. The van der Waals surface area contributed by atoms with E-state index in [0.717, 1.165) is 35.3 Å². The third-order valence-corrected chi connectivity index (χ3v) is 6.48. The molecule has 0 spiro atoms. The third-order valence-electron chi connectivity index (χ3n) is 6.48. The SMILES string of the molecule is CC1(C)CC1C(=O)Nc1ccc(/C=C/c2ccc(NC(=O)C3CC3(C)C)cc2)cc1. The fraction of sp³-hybridized carbons (Fsp3) is 0.385. The normalized spacial score (nSPS) is 23.1. The monoisotopic (exact) mass is 402 g/mol. The summed E-state index contributed by atoms with van der Waals surface area (Å²) in [6.07, 6.45) is 5.99. The Morgan fingerprint density at radius 2 is 1.00 bits per heavy atom. The van der Waals surface area contributed by atoms with Crippen molar-refractivity contribution in [2.24, 2.45) is 22.7 Å². The number of hydrogen-bond acceptors (Lipinski definition) is 2. The van der Waals surface area contributed by atoms with Gasteiger partial charge in [0.1, 0.15) is 0 Å². The minimum atomic E-state index is 0.112. The van der Waals surface area contributed by atoms with Crippen molar-refractivity contribution in [1.29, 1.82) is 0 Å². The van der Waals surface area contributed by atoms with Crippen molar-refractivity contribution in [3.63, 3.8) is 0 Å². The van der Waals surface area contributed by atoms with E-state index in [1.54, 1.807) is 0 Å². The molecule has 4 nitrogen and oxygen atoms in total. The van der Waals surface area contributed by atoms with Crippen LogP contribution in [0, 0.1) is 22.7 Å². The van der Waals surface area contributed by atoms with E-state index in [1.807, 2.05) is 60.7 Å². The molecule has 2 aliphatic carbocycles. The Hall–Kier alpha value is -2.88. The maximum absolute atomic E-state index is 12.2. The summed E-state index contributed by atoms with van der Waals surface area (Å²) in [5.41, 5.74) is 4.07. The minimum absolute atomic E-state index is 0.112. The number of amides is 2. The van der Waals surface area contributed by atoms with E-state index in [4.69, 9.17) is 0 Å². The van der Waals surface area contributed by atoms with Gasteiger partial charge in [-0.2, -0.15) is 0 Å². The van der Waals surface area contributed by atoms with Crippen LogP contribution in [0.5, 0.6) is 0 Å². The molecule has 2 unspecified atom stereocenters. The first kappa shape index (κ1) is 20.4. The smallest absolute Gasteiger partial charge is 0.228 e. The first-order chi connectivity index (χ1) is 14.1. The van der Waals surface area contributed by atoms with Crippen LogP contribution in [0.25, 0.3) is 12.2 Å².